The number of anilines is 1. The molecular formula is C14H20N2O2S. The SMILES string of the molecule is CNS(=O)(=O)c1ccc(NCC2CC=CCC2)cc1. The summed E-state index contributed by atoms with van der Waals surface area (Å²) in [6.45, 7) is 0.933. The first-order valence-corrected chi connectivity index (χ1v) is 8.02. The van der Waals surface area contributed by atoms with Crippen molar-refractivity contribution in [3.05, 3.63) is 36.4 Å². The average Bonchev–Trinajstić information content (AvgIpc) is 2.47. The van der Waals surface area contributed by atoms with Crippen molar-refractivity contribution < 1.29 is 8.42 Å². The third-order valence-electron chi connectivity index (χ3n) is 3.41. The van der Waals surface area contributed by atoms with Crippen molar-refractivity contribution in [3.8, 4) is 0 Å². The highest BCUT2D eigenvalue weighted by atomic mass is 32.2. The molecule has 0 radical (unpaired) electrons. The minimum Gasteiger partial charge on any atom is -0.385 e. The van der Waals surface area contributed by atoms with Crippen molar-refractivity contribution in [2.75, 3.05) is 18.9 Å². The van der Waals surface area contributed by atoms with Gasteiger partial charge in [-0.2, -0.15) is 0 Å². The van der Waals surface area contributed by atoms with Crippen LogP contribution in [0, 0.1) is 5.92 Å². The van der Waals surface area contributed by atoms with E-state index in [4.69, 9.17) is 0 Å². The predicted octanol–water partition coefficient (Wildman–Crippen LogP) is 2.36. The maximum atomic E-state index is 11.6. The number of sulfonamides is 1. The van der Waals surface area contributed by atoms with Crippen LogP contribution in [0.5, 0.6) is 0 Å². The molecule has 0 bridgehead atoms. The first-order chi connectivity index (χ1) is 9.12. The molecule has 1 aliphatic carbocycles. The van der Waals surface area contributed by atoms with Crippen molar-refractivity contribution in [2.45, 2.75) is 24.2 Å². The Morgan fingerprint density at radius 2 is 1.95 bits per heavy atom. The molecule has 1 aromatic rings. The molecule has 0 saturated heterocycles. The average molecular weight is 280 g/mol. The van der Waals surface area contributed by atoms with Gasteiger partial charge in [0.2, 0.25) is 10.0 Å². The molecule has 0 aliphatic heterocycles. The van der Waals surface area contributed by atoms with Crippen LogP contribution in [-0.4, -0.2) is 22.0 Å². The van der Waals surface area contributed by atoms with E-state index in [1.165, 1.54) is 13.5 Å². The van der Waals surface area contributed by atoms with Crippen molar-refractivity contribution >= 4 is 15.7 Å². The Hall–Kier alpha value is -1.33. The molecule has 2 N–H and O–H groups in total. The van der Waals surface area contributed by atoms with E-state index in [2.05, 4.69) is 22.2 Å². The molecule has 5 heteroatoms. The fourth-order valence-corrected chi connectivity index (χ4v) is 2.90. The summed E-state index contributed by atoms with van der Waals surface area (Å²) in [4.78, 5) is 0.293. The van der Waals surface area contributed by atoms with E-state index in [1.54, 1.807) is 12.1 Å². The van der Waals surface area contributed by atoms with Crippen LogP contribution in [0.2, 0.25) is 0 Å². The van der Waals surface area contributed by atoms with Gasteiger partial charge in [-0.3, -0.25) is 0 Å². The summed E-state index contributed by atoms with van der Waals surface area (Å²) in [7, 11) is -1.92. The number of benzene rings is 1. The molecule has 0 spiro atoms. The van der Waals surface area contributed by atoms with Crippen LogP contribution in [0.15, 0.2) is 41.3 Å². The van der Waals surface area contributed by atoms with Gasteiger partial charge in [-0.25, -0.2) is 13.1 Å². The van der Waals surface area contributed by atoms with Gasteiger partial charge in [0.05, 0.1) is 4.90 Å². The van der Waals surface area contributed by atoms with E-state index in [0.29, 0.717) is 10.8 Å². The maximum Gasteiger partial charge on any atom is 0.240 e. The Labute approximate surface area is 115 Å². The third-order valence-corrected chi connectivity index (χ3v) is 4.84. The molecule has 0 amide bonds. The summed E-state index contributed by atoms with van der Waals surface area (Å²) >= 11 is 0. The fraction of sp³-hybridized carbons (Fsp3) is 0.429. The van der Waals surface area contributed by atoms with E-state index in [1.807, 2.05) is 12.1 Å². The molecule has 0 fully saturated rings. The lowest BCUT2D eigenvalue weighted by Gasteiger charge is -2.18. The predicted molar refractivity (Wildman–Crippen MR) is 77.7 cm³/mol. The van der Waals surface area contributed by atoms with Gasteiger partial charge in [-0.1, -0.05) is 12.2 Å². The monoisotopic (exact) mass is 280 g/mol. The van der Waals surface area contributed by atoms with E-state index in [-0.39, 0.29) is 0 Å². The third kappa shape index (κ3) is 3.81. The minimum atomic E-state index is -3.34. The lowest BCUT2D eigenvalue weighted by molar-refractivity contribution is 0.504. The zero-order valence-electron chi connectivity index (χ0n) is 11.1. The molecule has 4 nitrogen and oxygen atoms in total. The molecule has 2 rings (SSSR count). The maximum absolute atomic E-state index is 11.6. The molecule has 0 aromatic heterocycles. The zero-order chi connectivity index (χ0) is 13.7. The van der Waals surface area contributed by atoms with E-state index in [0.717, 1.165) is 25.1 Å². The largest absolute Gasteiger partial charge is 0.385 e. The number of allylic oxidation sites excluding steroid dienone is 2. The number of hydrogen-bond donors (Lipinski definition) is 2. The van der Waals surface area contributed by atoms with Gasteiger partial charge in [-0.15, -0.1) is 0 Å². The normalized spacial score (nSPS) is 19.3. The van der Waals surface area contributed by atoms with Crippen molar-refractivity contribution in [3.63, 3.8) is 0 Å². The molecule has 1 aromatic carbocycles. The van der Waals surface area contributed by atoms with Crippen molar-refractivity contribution in [2.24, 2.45) is 5.92 Å². The lowest BCUT2D eigenvalue weighted by Crippen LogP contribution is -2.18. The highest BCUT2D eigenvalue weighted by molar-refractivity contribution is 7.89. The summed E-state index contributed by atoms with van der Waals surface area (Å²) in [6.07, 6.45) is 7.97. The van der Waals surface area contributed by atoms with Gasteiger partial charge in [0.15, 0.2) is 0 Å². The Balaban J connectivity index is 1.93. The van der Waals surface area contributed by atoms with Crippen LogP contribution < -0.4 is 10.0 Å². The van der Waals surface area contributed by atoms with Gasteiger partial charge >= 0.3 is 0 Å². The Morgan fingerprint density at radius 1 is 1.21 bits per heavy atom. The topological polar surface area (TPSA) is 58.2 Å². The van der Waals surface area contributed by atoms with Crippen molar-refractivity contribution in [1.82, 2.24) is 4.72 Å². The van der Waals surface area contributed by atoms with Gasteiger partial charge < -0.3 is 5.32 Å². The molecule has 0 saturated carbocycles. The van der Waals surface area contributed by atoms with Gasteiger partial charge in [0, 0.05) is 12.2 Å². The second-order valence-corrected chi connectivity index (χ2v) is 6.65. The molecule has 0 heterocycles. The van der Waals surface area contributed by atoms with Crippen LogP contribution in [0.4, 0.5) is 5.69 Å². The standard InChI is InChI=1S/C14H20N2O2S/c1-15-19(17,18)14-9-7-13(8-10-14)16-11-12-5-3-2-4-6-12/h2-3,7-10,12,15-16H,4-6,11H2,1H3. The Bertz CT molecular complexity index is 535. The first kappa shape index (κ1) is 14.1. The second-order valence-electron chi connectivity index (χ2n) is 4.76. The molecule has 1 aliphatic rings. The highest BCUT2D eigenvalue weighted by Crippen LogP contribution is 2.19. The van der Waals surface area contributed by atoms with E-state index < -0.39 is 10.0 Å². The lowest BCUT2D eigenvalue weighted by atomic mass is 9.94. The Morgan fingerprint density at radius 3 is 2.53 bits per heavy atom. The van der Waals surface area contributed by atoms with Crippen molar-refractivity contribution in [1.29, 1.82) is 0 Å². The summed E-state index contributed by atoms with van der Waals surface area (Å²) in [5.41, 5.74) is 0.963. The van der Waals surface area contributed by atoms with Gasteiger partial charge in [-0.05, 0) is 56.5 Å². The minimum absolute atomic E-state index is 0.293. The van der Waals surface area contributed by atoms with Crippen LogP contribution in [0.25, 0.3) is 0 Å². The number of nitrogens with one attached hydrogen (secondary N) is 2. The summed E-state index contributed by atoms with van der Waals surface area (Å²) < 4.78 is 25.5. The quantitative estimate of drug-likeness (QED) is 0.814. The van der Waals surface area contributed by atoms with Gasteiger partial charge in [0.1, 0.15) is 0 Å². The van der Waals surface area contributed by atoms with Crippen LogP contribution >= 0.6 is 0 Å². The summed E-state index contributed by atoms with van der Waals surface area (Å²) in [6, 6.07) is 6.86. The summed E-state index contributed by atoms with van der Waals surface area (Å²) in [5.74, 6) is 0.672. The highest BCUT2D eigenvalue weighted by Gasteiger charge is 2.11. The van der Waals surface area contributed by atoms with Crippen LogP contribution in [0.3, 0.4) is 0 Å². The fourth-order valence-electron chi connectivity index (χ4n) is 2.17. The summed E-state index contributed by atoms with van der Waals surface area (Å²) in [5, 5.41) is 3.36. The molecular weight excluding hydrogens is 260 g/mol. The van der Waals surface area contributed by atoms with Crippen LogP contribution in [-0.2, 0) is 10.0 Å². The van der Waals surface area contributed by atoms with Crippen LogP contribution in [0.1, 0.15) is 19.3 Å². The van der Waals surface area contributed by atoms with E-state index >= 15 is 0 Å². The number of hydrogen-bond acceptors (Lipinski definition) is 3. The zero-order valence-corrected chi connectivity index (χ0v) is 11.9. The number of rotatable bonds is 5. The van der Waals surface area contributed by atoms with Gasteiger partial charge in [0.25, 0.3) is 0 Å². The molecule has 19 heavy (non-hydrogen) atoms. The Kier molecular flexibility index (Phi) is 4.61. The first-order valence-electron chi connectivity index (χ1n) is 6.54. The molecule has 1 atom stereocenters. The molecule has 104 valence electrons. The second kappa shape index (κ2) is 6.21. The van der Waals surface area contributed by atoms with E-state index in [9.17, 15) is 8.42 Å². The smallest absolute Gasteiger partial charge is 0.240 e. The molecule has 1 unspecified atom stereocenters.